The molecule has 0 radical (unpaired) electrons. The van der Waals surface area contributed by atoms with Crippen molar-refractivity contribution < 1.29 is 0 Å². The standard InChI is InChI=1S/C14H9BrN2S3/c15-11-3-1-2-10(8-11)14(9-4-6-16-7-5-9)12(18)20-13(19)17-14/h1-8H,(H,17,19). The van der Waals surface area contributed by atoms with E-state index < -0.39 is 5.54 Å². The molecule has 1 aliphatic heterocycles. The van der Waals surface area contributed by atoms with Crippen LogP contribution in [-0.2, 0) is 5.54 Å². The van der Waals surface area contributed by atoms with Crippen LogP contribution in [0.3, 0.4) is 0 Å². The first-order valence-corrected chi connectivity index (χ1v) is 8.26. The van der Waals surface area contributed by atoms with Crippen molar-refractivity contribution in [3.05, 3.63) is 64.4 Å². The Balaban J connectivity index is 2.24. The fraction of sp³-hybridized carbons (Fsp3) is 0.0714. The Morgan fingerprint density at radius 3 is 2.45 bits per heavy atom. The molecule has 1 aromatic heterocycles. The molecule has 2 heterocycles. The highest BCUT2D eigenvalue weighted by Gasteiger charge is 2.45. The molecule has 20 heavy (non-hydrogen) atoms. The van der Waals surface area contributed by atoms with Crippen LogP contribution in [0.1, 0.15) is 11.1 Å². The van der Waals surface area contributed by atoms with Gasteiger partial charge in [-0.2, -0.15) is 0 Å². The third-order valence-electron chi connectivity index (χ3n) is 3.15. The number of halogens is 1. The van der Waals surface area contributed by atoms with Gasteiger partial charge in [-0.1, -0.05) is 64.3 Å². The first-order valence-electron chi connectivity index (χ1n) is 5.84. The number of thiocarbonyl (C=S) groups is 2. The van der Waals surface area contributed by atoms with Gasteiger partial charge in [-0.25, -0.2) is 0 Å². The van der Waals surface area contributed by atoms with Gasteiger partial charge in [-0.05, 0) is 35.4 Å². The molecule has 0 amide bonds. The number of pyridine rings is 1. The van der Waals surface area contributed by atoms with Crippen molar-refractivity contribution in [2.75, 3.05) is 0 Å². The molecule has 0 saturated carbocycles. The minimum absolute atomic E-state index is 0.566. The lowest BCUT2D eigenvalue weighted by atomic mass is 9.85. The van der Waals surface area contributed by atoms with Gasteiger partial charge >= 0.3 is 0 Å². The van der Waals surface area contributed by atoms with Gasteiger partial charge in [0.1, 0.15) is 9.86 Å². The molecule has 1 unspecified atom stereocenters. The van der Waals surface area contributed by atoms with E-state index in [4.69, 9.17) is 24.4 Å². The molecule has 0 bridgehead atoms. The number of hydrogen-bond acceptors (Lipinski definition) is 4. The van der Waals surface area contributed by atoms with Crippen LogP contribution in [0.4, 0.5) is 0 Å². The highest BCUT2D eigenvalue weighted by molar-refractivity contribution is 9.10. The lowest BCUT2D eigenvalue weighted by molar-refractivity contribution is 0.671. The second-order valence-electron chi connectivity index (χ2n) is 4.30. The van der Waals surface area contributed by atoms with Crippen LogP contribution in [0.5, 0.6) is 0 Å². The average Bonchev–Trinajstić information content (AvgIpc) is 2.75. The maximum absolute atomic E-state index is 5.61. The number of aromatic nitrogens is 1. The maximum Gasteiger partial charge on any atom is 0.140 e. The lowest BCUT2D eigenvalue weighted by Crippen LogP contribution is -2.43. The average molecular weight is 381 g/mol. The summed E-state index contributed by atoms with van der Waals surface area (Å²) in [6, 6.07) is 12.0. The van der Waals surface area contributed by atoms with Crippen LogP contribution in [0, 0.1) is 0 Å². The Morgan fingerprint density at radius 2 is 1.85 bits per heavy atom. The van der Waals surface area contributed by atoms with Crippen LogP contribution >= 0.6 is 52.1 Å². The molecule has 1 atom stereocenters. The normalized spacial score (nSPS) is 21.9. The third-order valence-corrected chi connectivity index (χ3v) is 5.33. The molecule has 0 aliphatic carbocycles. The van der Waals surface area contributed by atoms with Crippen LogP contribution in [-0.4, -0.2) is 13.5 Å². The Hall–Kier alpha value is -0.820. The monoisotopic (exact) mass is 380 g/mol. The summed E-state index contributed by atoms with van der Waals surface area (Å²) in [7, 11) is 0. The van der Waals surface area contributed by atoms with Crippen molar-refractivity contribution in [2.24, 2.45) is 0 Å². The van der Waals surface area contributed by atoms with Gasteiger partial charge in [-0.15, -0.1) is 0 Å². The summed E-state index contributed by atoms with van der Waals surface area (Å²) in [5.74, 6) is 0. The fourth-order valence-corrected chi connectivity index (χ4v) is 4.57. The summed E-state index contributed by atoms with van der Waals surface area (Å²) in [5.41, 5.74) is 1.54. The second kappa shape index (κ2) is 5.52. The lowest BCUT2D eigenvalue weighted by Gasteiger charge is -2.30. The van der Waals surface area contributed by atoms with Crippen LogP contribution < -0.4 is 5.32 Å². The van der Waals surface area contributed by atoms with Crippen molar-refractivity contribution in [1.82, 2.24) is 10.3 Å². The molecule has 3 rings (SSSR count). The Kier molecular flexibility index (Phi) is 3.90. The van der Waals surface area contributed by atoms with E-state index >= 15 is 0 Å². The van der Waals surface area contributed by atoms with E-state index in [2.05, 4.69) is 38.4 Å². The number of nitrogens with one attached hydrogen (secondary N) is 1. The summed E-state index contributed by atoms with van der Waals surface area (Å²) in [6.45, 7) is 0. The summed E-state index contributed by atoms with van der Waals surface area (Å²) in [5, 5.41) is 3.38. The zero-order valence-electron chi connectivity index (χ0n) is 10.2. The van der Waals surface area contributed by atoms with Gasteiger partial charge in [0.25, 0.3) is 0 Å². The van der Waals surface area contributed by atoms with Crippen LogP contribution in [0.2, 0.25) is 0 Å². The minimum atomic E-state index is -0.566. The van der Waals surface area contributed by atoms with Crippen LogP contribution in [0.25, 0.3) is 0 Å². The molecule has 0 spiro atoms. The number of rotatable bonds is 2. The number of benzene rings is 1. The first kappa shape index (κ1) is 14.1. The molecule has 1 saturated heterocycles. The molecule has 100 valence electrons. The summed E-state index contributed by atoms with van der Waals surface area (Å²) in [4.78, 5) is 4.08. The molecule has 6 heteroatoms. The van der Waals surface area contributed by atoms with Crippen LogP contribution in [0.15, 0.2) is 53.3 Å². The largest absolute Gasteiger partial charge is 0.352 e. The molecular weight excluding hydrogens is 372 g/mol. The van der Waals surface area contributed by atoms with Gasteiger partial charge < -0.3 is 5.32 Å². The molecule has 2 aromatic rings. The fourth-order valence-electron chi connectivity index (χ4n) is 2.26. The van der Waals surface area contributed by atoms with Crippen molar-refractivity contribution in [2.45, 2.75) is 5.54 Å². The molecule has 1 aromatic carbocycles. The Bertz CT molecular complexity index is 690. The minimum Gasteiger partial charge on any atom is -0.352 e. The first-order chi connectivity index (χ1) is 9.63. The predicted octanol–water partition coefficient (Wildman–Crippen LogP) is 4.04. The Labute approximate surface area is 140 Å². The second-order valence-corrected chi connectivity index (χ2v) is 7.57. The maximum atomic E-state index is 5.61. The molecule has 1 aliphatic rings. The predicted molar refractivity (Wildman–Crippen MR) is 95.1 cm³/mol. The smallest absolute Gasteiger partial charge is 0.140 e. The van der Waals surface area contributed by atoms with E-state index in [1.165, 1.54) is 11.8 Å². The van der Waals surface area contributed by atoms with Crippen molar-refractivity contribution in [3.8, 4) is 0 Å². The SMILES string of the molecule is S=C1NC(c2ccncc2)(c2cccc(Br)c2)C(=S)S1. The van der Waals surface area contributed by atoms with E-state index in [0.717, 1.165) is 19.8 Å². The van der Waals surface area contributed by atoms with Gasteiger partial charge in [0.2, 0.25) is 0 Å². The third kappa shape index (κ3) is 2.30. The summed E-state index contributed by atoms with van der Waals surface area (Å²) in [6.07, 6.45) is 3.54. The van der Waals surface area contributed by atoms with E-state index in [-0.39, 0.29) is 0 Å². The van der Waals surface area contributed by atoms with Gasteiger partial charge in [-0.3, -0.25) is 4.98 Å². The molecule has 1 fully saturated rings. The Morgan fingerprint density at radius 1 is 1.10 bits per heavy atom. The molecule has 1 N–H and O–H groups in total. The number of nitrogens with zero attached hydrogens (tertiary/aromatic N) is 1. The summed E-state index contributed by atoms with van der Waals surface area (Å²) < 4.78 is 2.52. The highest BCUT2D eigenvalue weighted by atomic mass is 79.9. The van der Waals surface area contributed by atoms with Gasteiger partial charge in [0.05, 0.1) is 4.20 Å². The van der Waals surface area contributed by atoms with Gasteiger partial charge in [0, 0.05) is 16.9 Å². The number of thioether (sulfide) groups is 1. The molecular formula is C14H9BrN2S3. The topological polar surface area (TPSA) is 24.9 Å². The van der Waals surface area contributed by atoms with Crippen molar-refractivity contribution >= 4 is 60.6 Å². The van der Waals surface area contributed by atoms with E-state index in [1.807, 2.05) is 24.3 Å². The van der Waals surface area contributed by atoms with E-state index in [1.54, 1.807) is 12.4 Å². The van der Waals surface area contributed by atoms with E-state index in [0.29, 0.717) is 4.32 Å². The number of hydrogen-bond donors (Lipinski definition) is 1. The van der Waals surface area contributed by atoms with Gasteiger partial charge in [0.15, 0.2) is 0 Å². The zero-order chi connectivity index (χ0) is 14.2. The van der Waals surface area contributed by atoms with Crippen molar-refractivity contribution in [3.63, 3.8) is 0 Å². The molecule has 2 nitrogen and oxygen atoms in total. The zero-order valence-corrected chi connectivity index (χ0v) is 14.2. The van der Waals surface area contributed by atoms with Crippen molar-refractivity contribution in [1.29, 1.82) is 0 Å². The quantitative estimate of drug-likeness (QED) is 0.792. The van der Waals surface area contributed by atoms with E-state index in [9.17, 15) is 0 Å². The summed E-state index contributed by atoms with van der Waals surface area (Å²) >= 11 is 15.9. The highest BCUT2D eigenvalue weighted by Crippen LogP contribution is 2.41.